The number of nitrogens with zero attached hydrogens (tertiary/aromatic N) is 2. The Kier molecular flexibility index (Phi) is 4.89. The van der Waals surface area contributed by atoms with E-state index in [-0.39, 0.29) is 6.10 Å². The molecule has 0 amide bonds. The van der Waals surface area contributed by atoms with Crippen LogP contribution in [0.5, 0.6) is 0 Å². The van der Waals surface area contributed by atoms with Gasteiger partial charge in [0.05, 0.1) is 6.10 Å². The number of nitrogens with one attached hydrogen (secondary N) is 2. The quantitative estimate of drug-likeness (QED) is 0.763. The van der Waals surface area contributed by atoms with Crippen molar-refractivity contribution < 1.29 is 5.11 Å². The molecular formula is C20H34N4O. The topological polar surface area (TPSA) is 73.8 Å². The van der Waals surface area contributed by atoms with E-state index < -0.39 is 0 Å². The van der Waals surface area contributed by atoms with Crippen molar-refractivity contribution in [1.29, 1.82) is 0 Å². The molecule has 0 bridgehead atoms. The molecule has 4 rings (SSSR count). The molecular weight excluding hydrogens is 312 g/mol. The van der Waals surface area contributed by atoms with Crippen LogP contribution in [0.25, 0.3) is 0 Å². The fourth-order valence-electron chi connectivity index (χ4n) is 5.70. The van der Waals surface area contributed by atoms with Gasteiger partial charge in [0.1, 0.15) is 5.82 Å². The minimum atomic E-state index is -0.217. The summed E-state index contributed by atoms with van der Waals surface area (Å²) in [5.74, 6) is 2.87. The van der Waals surface area contributed by atoms with Crippen LogP contribution in [-0.2, 0) is 0 Å². The van der Waals surface area contributed by atoms with E-state index in [1.165, 1.54) is 44.9 Å². The molecule has 1 unspecified atom stereocenters. The molecule has 25 heavy (non-hydrogen) atoms. The molecule has 3 saturated carbocycles. The van der Waals surface area contributed by atoms with Crippen LogP contribution in [0.3, 0.4) is 0 Å². The summed E-state index contributed by atoms with van der Waals surface area (Å²) in [5.41, 5.74) is 0.583. The number of H-pyrrole nitrogens is 1. The van der Waals surface area contributed by atoms with Crippen molar-refractivity contribution in [3.05, 3.63) is 11.6 Å². The van der Waals surface area contributed by atoms with Gasteiger partial charge in [0.2, 0.25) is 0 Å². The third kappa shape index (κ3) is 3.37. The van der Waals surface area contributed by atoms with E-state index in [9.17, 15) is 5.11 Å². The van der Waals surface area contributed by atoms with Crippen molar-refractivity contribution in [3.63, 3.8) is 0 Å². The SMILES string of the molecule is CC(C)c1n[nH]c([C@H]2C[C@H](CNC3CCCC34CCCC4)[C@H](O)C2)n1. The molecule has 4 atom stereocenters. The first-order chi connectivity index (χ1) is 12.1. The first kappa shape index (κ1) is 17.5. The Bertz CT molecular complexity index is 572. The van der Waals surface area contributed by atoms with E-state index in [1.807, 2.05) is 0 Å². The lowest BCUT2D eigenvalue weighted by atomic mass is 9.80. The minimum Gasteiger partial charge on any atom is -0.393 e. The predicted octanol–water partition coefficient (Wildman–Crippen LogP) is 3.49. The van der Waals surface area contributed by atoms with Gasteiger partial charge in [-0.3, -0.25) is 5.10 Å². The largest absolute Gasteiger partial charge is 0.393 e. The highest BCUT2D eigenvalue weighted by Crippen LogP contribution is 2.50. The van der Waals surface area contributed by atoms with E-state index in [4.69, 9.17) is 0 Å². The van der Waals surface area contributed by atoms with E-state index in [2.05, 4.69) is 34.3 Å². The third-order valence-corrected chi connectivity index (χ3v) is 7.21. The lowest BCUT2D eigenvalue weighted by Gasteiger charge is -2.33. The second-order valence-electron chi connectivity index (χ2n) is 9.15. The summed E-state index contributed by atoms with van der Waals surface area (Å²) in [5, 5.41) is 21.9. The number of hydrogen-bond acceptors (Lipinski definition) is 4. The van der Waals surface area contributed by atoms with E-state index in [1.54, 1.807) is 0 Å². The van der Waals surface area contributed by atoms with Gasteiger partial charge in [-0.1, -0.05) is 33.1 Å². The lowest BCUT2D eigenvalue weighted by molar-refractivity contribution is 0.123. The molecule has 3 aliphatic carbocycles. The van der Waals surface area contributed by atoms with Crippen molar-refractivity contribution in [1.82, 2.24) is 20.5 Å². The van der Waals surface area contributed by atoms with Gasteiger partial charge < -0.3 is 10.4 Å². The summed E-state index contributed by atoms with van der Waals surface area (Å²) >= 11 is 0. The summed E-state index contributed by atoms with van der Waals surface area (Å²) in [6.07, 6.45) is 11.4. The maximum absolute atomic E-state index is 10.6. The second kappa shape index (κ2) is 6.99. The molecule has 1 heterocycles. The average molecular weight is 347 g/mol. The highest BCUT2D eigenvalue weighted by Gasteiger charge is 2.45. The number of aromatic amines is 1. The molecule has 0 aliphatic heterocycles. The van der Waals surface area contributed by atoms with E-state index in [0.29, 0.717) is 29.2 Å². The Morgan fingerprint density at radius 3 is 2.68 bits per heavy atom. The van der Waals surface area contributed by atoms with Crippen LogP contribution < -0.4 is 5.32 Å². The highest BCUT2D eigenvalue weighted by atomic mass is 16.3. The summed E-state index contributed by atoms with van der Waals surface area (Å²) < 4.78 is 0. The van der Waals surface area contributed by atoms with Crippen LogP contribution in [0.2, 0.25) is 0 Å². The Hall–Kier alpha value is -0.940. The Labute approximate surface area is 151 Å². The molecule has 3 fully saturated rings. The average Bonchev–Trinajstić information content (AvgIpc) is 3.35. The zero-order valence-electron chi connectivity index (χ0n) is 15.8. The molecule has 1 aromatic rings. The number of aromatic nitrogens is 3. The van der Waals surface area contributed by atoms with Crippen LogP contribution >= 0.6 is 0 Å². The monoisotopic (exact) mass is 346 g/mol. The molecule has 5 heteroatoms. The molecule has 3 N–H and O–H groups in total. The van der Waals surface area contributed by atoms with Gasteiger partial charge >= 0.3 is 0 Å². The van der Waals surface area contributed by atoms with Crippen molar-refractivity contribution in [2.45, 2.75) is 95.6 Å². The molecule has 1 spiro atoms. The highest BCUT2D eigenvalue weighted by molar-refractivity contribution is 5.06. The summed E-state index contributed by atoms with van der Waals surface area (Å²) in [6.45, 7) is 5.18. The van der Waals surface area contributed by atoms with Crippen molar-refractivity contribution in [2.75, 3.05) is 6.54 Å². The summed E-state index contributed by atoms with van der Waals surface area (Å²) in [6, 6.07) is 0.680. The summed E-state index contributed by atoms with van der Waals surface area (Å²) in [4.78, 5) is 4.66. The maximum atomic E-state index is 10.6. The lowest BCUT2D eigenvalue weighted by Crippen LogP contribution is -2.43. The fourth-order valence-corrected chi connectivity index (χ4v) is 5.70. The Balaban J connectivity index is 1.34. The zero-order valence-corrected chi connectivity index (χ0v) is 15.8. The van der Waals surface area contributed by atoms with Crippen LogP contribution in [0.1, 0.15) is 95.1 Å². The maximum Gasteiger partial charge on any atom is 0.153 e. The van der Waals surface area contributed by atoms with Crippen molar-refractivity contribution in [3.8, 4) is 0 Å². The zero-order chi connectivity index (χ0) is 17.4. The van der Waals surface area contributed by atoms with Gasteiger partial charge in [-0.15, -0.1) is 0 Å². The second-order valence-corrected chi connectivity index (χ2v) is 9.15. The van der Waals surface area contributed by atoms with Crippen molar-refractivity contribution >= 4 is 0 Å². The first-order valence-corrected chi connectivity index (χ1v) is 10.4. The standard InChI is InChI=1S/C20H34N4O/c1-13(2)18-22-19(24-23-18)14-10-15(16(25)11-14)12-21-17-6-5-9-20(17)7-3-4-8-20/h13-17,21,25H,3-12H2,1-2H3,(H,22,23,24)/t14-,15+,16+,17?/m0/s1. The van der Waals surface area contributed by atoms with Gasteiger partial charge in [-0.05, 0) is 49.9 Å². The normalized spacial score (nSPS) is 34.6. The smallest absolute Gasteiger partial charge is 0.153 e. The van der Waals surface area contributed by atoms with Crippen LogP contribution in [-0.4, -0.2) is 39.0 Å². The van der Waals surface area contributed by atoms with Gasteiger partial charge in [0.25, 0.3) is 0 Å². The van der Waals surface area contributed by atoms with Gasteiger partial charge in [-0.2, -0.15) is 5.10 Å². The Morgan fingerprint density at radius 2 is 1.96 bits per heavy atom. The van der Waals surface area contributed by atoms with Gasteiger partial charge in [-0.25, -0.2) is 4.98 Å². The van der Waals surface area contributed by atoms with Gasteiger partial charge in [0.15, 0.2) is 5.82 Å². The third-order valence-electron chi connectivity index (χ3n) is 7.21. The number of aliphatic hydroxyl groups is 1. The number of rotatable bonds is 5. The summed E-state index contributed by atoms with van der Waals surface area (Å²) in [7, 11) is 0. The minimum absolute atomic E-state index is 0.217. The molecule has 1 aromatic heterocycles. The number of hydrogen-bond donors (Lipinski definition) is 3. The van der Waals surface area contributed by atoms with Crippen LogP contribution in [0.4, 0.5) is 0 Å². The van der Waals surface area contributed by atoms with Crippen LogP contribution in [0, 0.1) is 11.3 Å². The number of aliphatic hydroxyl groups excluding tert-OH is 1. The molecule has 0 radical (unpaired) electrons. The molecule has 3 aliphatic rings. The fraction of sp³-hybridized carbons (Fsp3) is 0.900. The van der Waals surface area contributed by atoms with E-state index >= 15 is 0 Å². The molecule has 0 saturated heterocycles. The van der Waals surface area contributed by atoms with Gasteiger partial charge in [0, 0.05) is 24.4 Å². The van der Waals surface area contributed by atoms with E-state index in [0.717, 1.165) is 31.0 Å². The Morgan fingerprint density at radius 1 is 1.20 bits per heavy atom. The molecule has 0 aromatic carbocycles. The predicted molar refractivity (Wildman–Crippen MR) is 98.5 cm³/mol. The molecule has 5 nitrogen and oxygen atoms in total. The van der Waals surface area contributed by atoms with Crippen molar-refractivity contribution in [2.24, 2.45) is 11.3 Å². The first-order valence-electron chi connectivity index (χ1n) is 10.4. The van der Waals surface area contributed by atoms with Crippen LogP contribution in [0.15, 0.2) is 0 Å². The molecule has 140 valence electrons.